The van der Waals surface area contributed by atoms with Crippen LogP contribution in [-0.2, 0) is 0 Å². The van der Waals surface area contributed by atoms with Crippen LogP contribution in [0.1, 0.15) is 0 Å². The van der Waals surface area contributed by atoms with E-state index in [1.54, 1.807) is 0 Å². The molecule has 3 heteroatoms. The summed E-state index contributed by atoms with van der Waals surface area (Å²) in [5.41, 5.74) is 12.8. The third kappa shape index (κ3) is 5.05. The lowest BCUT2D eigenvalue weighted by Crippen LogP contribution is -2.10. The number of nitrogens with zero attached hydrogens (tertiary/aromatic N) is 3. The maximum Gasteiger partial charge on any atom is 0.0619 e. The fourth-order valence-corrected chi connectivity index (χ4v) is 8.59. The maximum absolute atomic E-state index is 2.43. The summed E-state index contributed by atoms with van der Waals surface area (Å²) in [5.74, 6) is 0. The predicted octanol–water partition coefficient (Wildman–Crippen LogP) is 14.2. The van der Waals surface area contributed by atoms with Crippen molar-refractivity contribution in [2.75, 3.05) is 4.90 Å². The molecule has 0 saturated heterocycles. The van der Waals surface area contributed by atoms with Gasteiger partial charge < -0.3 is 14.0 Å². The highest BCUT2D eigenvalue weighted by atomic mass is 15.1. The highest BCUT2D eigenvalue weighted by Crippen LogP contribution is 2.42. The second-order valence-electron chi connectivity index (χ2n) is 14.2. The summed E-state index contributed by atoms with van der Waals surface area (Å²) in [4.78, 5) is 2.38. The van der Waals surface area contributed by atoms with Crippen molar-refractivity contribution in [2.24, 2.45) is 0 Å². The second kappa shape index (κ2) is 12.6. The number of benzene rings is 9. The summed E-state index contributed by atoms with van der Waals surface area (Å²) >= 11 is 0. The van der Waals surface area contributed by atoms with E-state index in [1.807, 2.05) is 0 Å². The number of aromatic nitrogens is 2. The predicted molar refractivity (Wildman–Crippen MR) is 233 cm³/mol. The van der Waals surface area contributed by atoms with Gasteiger partial charge in [0, 0.05) is 55.4 Å². The minimum atomic E-state index is 1.09. The van der Waals surface area contributed by atoms with Crippen LogP contribution in [0.5, 0.6) is 0 Å². The first kappa shape index (κ1) is 31.2. The lowest BCUT2D eigenvalue weighted by Gasteiger charge is -2.26. The van der Waals surface area contributed by atoms with Crippen molar-refractivity contribution in [1.29, 1.82) is 0 Å². The summed E-state index contributed by atoms with van der Waals surface area (Å²) in [5, 5.41) is 7.47. The van der Waals surface area contributed by atoms with Crippen LogP contribution >= 0.6 is 0 Å². The molecule has 0 unspecified atom stereocenters. The van der Waals surface area contributed by atoms with Gasteiger partial charge in [-0.1, -0.05) is 133 Å². The quantitative estimate of drug-likeness (QED) is 0.168. The monoisotopic (exact) mass is 701 g/mol. The molecule has 55 heavy (non-hydrogen) atoms. The zero-order valence-corrected chi connectivity index (χ0v) is 30.0. The minimum absolute atomic E-state index is 1.09. The van der Waals surface area contributed by atoms with Gasteiger partial charge in [-0.15, -0.1) is 0 Å². The Bertz CT molecular complexity index is 3170. The largest absolute Gasteiger partial charge is 0.310 e. The second-order valence-corrected chi connectivity index (χ2v) is 14.2. The normalized spacial score (nSPS) is 11.6. The molecule has 2 aromatic heterocycles. The Balaban J connectivity index is 1.10. The first-order valence-electron chi connectivity index (χ1n) is 18.9. The van der Waals surface area contributed by atoms with Gasteiger partial charge in [0.1, 0.15) is 0 Å². The summed E-state index contributed by atoms with van der Waals surface area (Å²) in [6.45, 7) is 0. The molecule has 0 saturated carbocycles. The smallest absolute Gasteiger partial charge is 0.0619 e. The minimum Gasteiger partial charge on any atom is -0.310 e. The van der Waals surface area contributed by atoms with Crippen LogP contribution in [0.25, 0.3) is 76.9 Å². The Labute approximate surface area is 319 Å². The van der Waals surface area contributed by atoms with Crippen molar-refractivity contribution in [1.82, 2.24) is 9.13 Å². The Morgan fingerprint density at radius 2 is 0.800 bits per heavy atom. The number of rotatable bonds is 6. The SMILES string of the molecule is c1ccc(-c2ccc(N(c3ccc(-n4c5ccccc5c5ccc6ccccc6c54)cc3)c3ccc4c(c3)c3ccccc3n4-c3ccccc3)cc2)cc1. The summed E-state index contributed by atoms with van der Waals surface area (Å²) in [6.07, 6.45) is 0. The molecule has 258 valence electrons. The maximum atomic E-state index is 2.43. The summed E-state index contributed by atoms with van der Waals surface area (Å²) < 4.78 is 4.80. The van der Waals surface area contributed by atoms with Gasteiger partial charge in [-0.3, -0.25) is 0 Å². The average molecular weight is 702 g/mol. The third-order valence-electron chi connectivity index (χ3n) is 11.1. The molecule has 3 nitrogen and oxygen atoms in total. The van der Waals surface area contributed by atoms with Crippen LogP contribution in [0, 0.1) is 0 Å². The molecule has 2 heterocycles. The van der Waals surface area contributed by atoms with Crippen LogP contribution in [0.3, 0.4) is 0 Å². The van der Waals surface area contributed by atoms with Crippen molar-refractivity contribution in [3.8, 4) is 22.5 Å². The van der Waals surface area contributed by atoms with E-state index in [4.69, 9.17) is 0 Å². The van der Waals surface area contributed by atoms with Gasteiger partial charge in [-0.05, 0) is 95.4 Å². The standard InChI is InChI=1S/C52H35N3/c1-3-13-36(14-4-1)37-23-26-40(27-24-37)53(43-32-34-51-48(35-43)46-20-10-11-21-49(46)54(51)39-16-5-2-6-17-39)41-28-30-42(31-29-41)55-50-22-12-9-19-45(50)47-33-25-38-15-7-8-18-44(38)52(47)55/h1-35H. The molecular formula is C52H35N3. The third-order valence-corrected chi connectivity index (χ3v) is 11.1. The van der Waals surface area contributed by atoms with Crippen molar-refractivity contribution >= 4 is 71.4 Å². The van der Waals surface area contributed by atoms with E-state index in [2.05, 4.69) is 226 Å². The van der Waals surface area contributed by atoms with E-state index in [-0.39, 0.29) is 0 Å². The van der Waals surface area contributed by atoms with Crippen LogP contribution in [0.2, 0.25) is 0 Å². The average Bonchev–Trinajstić information content (AvgIpc) is 3.78. The van der Waals surface area contributed by atoms with Crippen LogP contribution in [0.4, 0.5) is 17.1 Å². The van der Waals surface area contributed by atoms with Crippen molar-refractivity contribution in [3.63, 3.8) is 0 Å². The molecule has 0 radical (unpaired) electrons. The highest BCUT2D eigenvalue weighted by molar-refractivity contribution is 6.18. The zero-order valence-electron chi connectivity index (χ0n) is 30.0. The van der Waals surface area contributed by atoms with Gasteiger partial charge in [0.2, 0.25) is 0 Å². The molecule has 0 N–H and O–H groups in total. The lowest BCUT2D eigenvalue weighted by atomic mass is 10.0. The van der Waals surface area contributed by atoms with E-state index >= 15 is 0 Å². The molecule has 0 aliphatic heterocycles. The number of para-hydroxylation sites is 3. The first-order valence-corrected chi connectivity index (χ1v) is 18.9. The Morgan fingerprint density at radius 1 is 0.291 bits per heavy atom. The van der Waals surface area contributed by atoms with E-state index in [9.17, 15) is 0 Å². The fraction of sp³-hybridized carbons (Fsp3) is 0. The molecule has 9 aromatic carbocycles. The van der Waals surface area contributed by atoms with Crippen LogP contribution in [0.15, 0.2) is 212 Å². The number of hydrogen-bond donors (Lipinski definition) is 0. The number of hydrogen-bond acceptors (Lipinski definition) is 1. The zero-order chi connectivity index (χ0) is 36.3. The fourth-order valence-electron chi connectivity index (χ4n) is 8.59. The molecule has 11 rings (SSSR count). The highest BCUT2D eigenvalue weighted by Gasteiger charge is 2.19. The molecule has 0 aliphatic carbocycles. The van der Waals surface area contributed by atoms with E-state index in [0.29, 0.717) is 0 Å². The number of fused-ring (bicyclic) bond motifs is 8. The molecule has 0 spiro atoms. The van der Waals surface area contributed by atoms with Crippen LogP contribution in [-0.4, -0.2) is 9.13 Å². The molecule has 0 bridgehead atoms. The number of anilines is 3. The van der Waals surface area contributed by atoms with Gasteiger partial charge in [-0.2, -0.15) is 0 Å². The molecule has 0 fully saturated rings. The summed E-state index contributed by atoms with van der Waals surface area (Å²) in [7, 11) is 0. The Hall–Kier alpha value is -7.36. The molecule has 0 amide bonds. The van der Waals surface area contributed by atoms with E-state index in [1.165, 1.54) is 65.5 Å². The van der Waals surface area contributed by atoms with Crippen molar-refractivity contribution in [2.45, 2.75) is 0 Å². The topological polar surface area (TPSA) is 13.1 Å². The first-order chi connectivity index (χ1) is 27.3. The van der Waals surface area contributed by atoms with Gasteiger partial charge in [-0.25, -0.2) is 0 Å². The van der Waals surface area contributed by atoms with Gasteiger partial charge in [0.25, 0.3) is 0 Å². The van der Waals surface area contributed by atoms with Gasteiger partial charge in [0.05, 0.1) is 22.1 Å². The molecule has 0 atom stereocenters. The Kier molecular flexibility index (Phi) is 7.17. The molecule has 11 aromatic rings. The summed E-state index contributed by atoms with van der Waals surface area (Å²) in [6, 6.07) is 76.9. The van der Waals surface area contributed by atoms with E-state index < -0.39 is 0 Å². The van der Waals surface area contributed by atoms with Gasteiger partial charge in [0.15, 0.2) is 0 Å². The molecular weight excluding hydrogens is 667 g/mol. The lowest BCUT2D eigenvalue weighted by molar-refractivity contribution is 1.17. The van der Waals surface area contributed by atoms with Gasteiger partial charge >= 0.3 is 0 Å². The van der Waals surface area contributed by atoms with E-state index in [0.717, 1.165) is 28.4 Å². The van der Waals surface area contributed by atoms with Crippen molar-refractivity contribution in [3.05, 3.63) is 212 Å². The van der Waals surface area contributed by atoms with Crippen molar-refractivity contribution < 1.29 is 0 Å². The van der Waals surface area contributed by atoms with Crippen LogP contribution < -0.4 is 4.90 Å². The molecule has 0 aliphatic rings. The Morgan fingerprint density at radius 3 is 1.53 bits per heavy atom.